The Kier molecular flexibility index (Phi) is 3.70. The molecule has 0 aliphatic carbocycles. The van der Waals surface area contributed by atoms with Crippen molar-refractivity contribution in [3.8, 4) is 11.6 Å². The SMILES string of the molecule is O=C(/C=C/c1ccccc1)N1CC(c2nc(-c3ccco3)no2)C1. The van der Waals surface area contributed by atoms with Crippen LogP contribution in [0.25, 0.3) is 17.7 Å². The lowest BCUT2D eigenvalue weighted by Crippen LogP contribution is -2.47. The van der Waals surface area contributed by atoms with E-state index in [-0.39, 0.29) is 11.8 Å². The fourth-order valence-electron chi connectivity index (χ4n) is 2.56. The third kappa shape index (κ3) is 2.86. The molecule has 1 fully saturated rings. The molecule has 0 N–H and O–H groups in total. The average Bonchev–Trinajstić information content (AvgIpc) is 3.24. The first kappa shape index (κ1) is 14.4. The van der Waals surface area contributed by atoms with Gasteiger partial charge >= 0.3 is 0 Å². The van der Waals surface area contributed by atoms with E-state index >= 15 is 0 Å². The maximum Gasteiger partial charge on any atom is 0.246 e. The predicted octanol–water partition coefficient (Wildman–Crippen LogP) is 2.97. The largest absolute Gasteiger partial charge is 0.461 e. The molecular weight excluding hydrogens is 306 g/mol. The lowest BCUT2D eigenvalue weighted by atomic mass is 10.00. The molecule has 0 saturated carbocycles. The monoisotopic (exact) mass is 321 g/mol. The van der Waals surface area contributed by atoms with E-state index in [9.17, 15) is 4.79 Å². The van der Waals surface area contributed by atoms with Gasteiger partial charge in [0.1, 0.15) is 0 Å². The standard InChI is InChI=1S/C18H15N3O3/c22-16(9-8-13-5-2-1-3-6-13)21-11-14(12-21)18-19-17(20-24-18)15-7-4-10-23-15/h1-10,14H,11-12H2/b9-8+. The third-order valence-corrected chi connectivity index (χ3v) is 3.94. The first-order valence-corrected chi connectivity index (χ1v) is 7.69. The number of rotatable bonds is 4. The molecule has 120 valence electrons. The second kappa shape index (κ2) is 6.16. The summed E-state index contributed by atoms with van der Waals surface area (Å²) in [6, 6.07) is 13.3. The van der Waals surface area contributed by atoms with Crippen molar-refractivity contribution < 1.29 is 13.7 Å². The number of aromatic nitrogens is 2. The van der Waals surface area contributed by atoms with Crippen molar-refractivity contribution >= 4 is 12.0 Å². The zero-order valence-electron chi connectivity index (χ0n) is 12.8. The Morgan fingerprint density at radius 3 is 2.75 bits per heavy atom. The minimum atomic E-state index is -0.0131. The molecule has 1 amide bonds. The summed E-state index contributed by atoms with van der Waals surface area (Å²) < 4.78 is 10.5. The molecule has 3 aromatic rings. The molecule has 6 nitrogen and oxygen atoms in total. The Bertz CT molecular complexity index is 847. The molecule has 1 saturated heterocycles. The second-order valence-electron chi connectivity index (χ2n) is 5.62. The van der Waals surface area contributed by atoms with Crippen LogP contribution in [0.1, 0.15) is 17.4 Å². The minimum Gasteiger partial charge on any atom is -0.461 e. The van der Waals surface area contributed by atoms with Gasteiger partial charge in [0, 0.05) is 19.2 Å². The van der Waals surface area contributed by atoms with E-state index in [1.54, 1.807) is 29.4 Å². The Morgan fingerprint density at radius 2 is 2.00 bits per heavy atom. The molecule has 0 radical (unpaired) electrons. The van der Waals surface area contributed by atoms with Crippen LogP contribution in [-0.2, 0) is 4.79 Å². The maximum atomic E-state index is 12.1. The fourth-order valence-corrected chi connectivity index (χ4v) is 2.56. The van der Waals surface area contributed by atoms with Gasteiger partial charge < -0.3 is 13.8 Å². The molecule has 0 bridgehead atoms. The molecule has 2 aromatic heterocycles. The van der Waals surface area contributed by atoms with Gasteiger partial charge in [-0.2, -0.15) is 4.98 Å². The van der Waals surface area contributed by atoms with Crippen molar-refractivity contribution in [2.75, 3.05) is 13.1 Å². The summed E-state index contributed by atoms with van der Waals surface area (Å²) in [5, 5.41) is 3.91. The predicted molar refractivity (Wildman–Crippen MR) is 86.8 cm³/mol. The summed E-state index contributed by atoms with van der Waals surface area (Å²) in [4.78, 5) is 18.2. The number of hydrogen-bond donors (Lipinski definition) is 0. The number of nitrogens with zero attached hydrogens (tertiary/aromatic N) is 3. The van der Waals surface area contributed by atoms with Gasteiger partial charge in [0.2, 0.25) is 17.6 Å². The van der Waals surface area contributed by atoms with Gasteiger partial charge in [-0.15, -0.1) is 0 Å². The highest BCUT2D eigenvalue weighted by Crippen LogP contribution is 2.28. The number of amides is 1. The molecule has 0 atom stereocenters. The van der Waals surface area contributed by atoms with E-state index in [1.165, 1.54) is 0 Å². The maximum absolute atomic E-state index is 12.1. The molecule has 1 aromatic carbocycles. The van der Waals surface area contributed by atoms with E-state index in [0.717, 1.165) is 5.56 Å². The van der Waals surface area contributed by atoms with Crippen LogP contribution in [0.2, 0.25) is 0 Å². The summed E-state index contributed by atoms with van der Waals surface area (Å²) >= 11 is 0. The van der Waals surface area contributed by atoms with E-state index < -0.39 is 0 Å². The van der Waals surface area contributed by atoms with Crippen LogP contribution >= 0.6 is 0 Å². The van der Waals surface area contributed by atoms with E-state index in [4.69, 9.17) is 8.94 Å². The van der Waals surface area contributed by atoms with Crippen LogP contribution < -0.4 is 0 Å². The van der Waals surface area contributed by atoms with Crippen molar-refractivity contribution in [1.82, 2.24) is 15.0 Å². The number of likely N-dealkylation sites (tertiary alicyclic amines) is 1. The van der Waals surface area contributed by atoms with Crippen LogP contribution in [0.4, 0.5) is 0 Å². The van der Waals surface area contributed by atoms with Crippen molar-refractivity contribution in [3.63, 3.8) is 0 Å². The van der Waals surface area contributed by atoms with Gasteiger partial charge in [-0.05, 0) is 23.8 Å². The Balaban J connectivity index is 1.35. The van der Waals surface area contributed by atoms with Crippen LogP contribution in [0.15, 0.2) is 63.7 Å². The van der Waals surface area contributed by atoms with Crippen LogP contribution in [-0.4, -0.2) is 34.0 Å². The molecule has 6 heteroatoms. The smallest absolute Gasteiger partial charge is 0.246 e. The van der Waals surface area contributed by atoms with Gasteiger partial charge in [0.25, 0.3) is 0 Å². The van der Waals surface area contributed by atoms with Gasteiger partial charge in [-0.1, -0.05) is 35.5 Å². The Morgan fingerprint density at radius 1 is 1.17 bits per heavy atom. The second-order valence-corrected chi connectivity index (χ2v) is 5.62. The topological polar surface area (TPSA) is 72.4 Å². The normalized spacial score (nSPS) is 14.9. The van der Waals surface area contributed by atoms with Gasteiger partial charge in [0.15, 0.2) is 5.76 Å². The van der Waals surface area contributed by atoms with Crippen LogP contribution in [0.5, 0.6) is 0 Å². The first-order chi connectivity index (χ1) is 11.8. The fraction of sp³-hybridized carbons (Fsp3) is 0.167. The summed E-state index contributed by atoms with van der Waals surface area (Å²) in [5.41, 5.74) is 1.00. The lowest BCUT2D eigenvalue weighted by Gasteiger charge is -2.36. The molecular formula is C18H15N3O3. The summed E-state index contributed by atoms with van der Waals surface area (Å²) in [5.74, 6) is 1.61. The van der Waals surface area contributed by atoms with E-state index in [2.05, 4.69) is 10.1 Å². The van der Waals surface area contributed by atoms with Crippen molar-refractivity contribution in [2.45, 2.75) is 5.92 Å². The van der Waals surface area contributed by atoms with Gasteiger partial charge in [0.05, 0.1) is 12.2 Å². The number of hydrogen-bond acceptors (Lipinski definition) is 5. The van der Waals surface area contributed by atoms with E-state index in [0.29, 0.717) is 30.6 Å². The number of furan rings is 1. The molecule has 3 heterocycles. The van der Waals surface area contributed by atoms with Gasteiger partial charge in [-0.3, -0.25) is 4.79 Å². The quantitative estimate of drug-likeness (QED) is 0.691. The Labute approximate surface area is 138 Å². The van der Waals surface area contributed by atoms with Crippen molar-refractivity contribution in [1.29, 1.82) is 0 Å². The van der Waals surface area contributed by atoms with Crippen LogP contribution in [0.3, 0.4) is 0 Å². The highest BCUT2D eigenvalue weighted by Gasteiger charge is 2.34. The lowest BCUT2D eigenvalue weighted by molar-refractivity contribution is -0.130. The molecule has 24 heavy (non-hydrogen) atoms. The van der Waals surface area contributed by atoms with Crippen LogP contribution in [0, 0.1) is 0 Å². The third-order valence-electron chi connectivity index (χ3n) is 3.94. The van der Waals surface area contributed by atoms with E-state index in [1.807, 2.05) is 36.4 Å². The molecule has 1 aliphatic rings. The number of carbonyl (C=O) groups excluding carboxylic acids is 1. The Hall–Kier alpha value is -3.15. The highest BCUT2D eigenvalue weighted by atomic mass is 16.5. The molecule has 1 aliphatic heterocycles. The first-order valence-electron chi connectivity index (χ1n) is 7.69. The number of benzene rings is 1. The molecule has 0 unspecified atom stereocenters. The van der Waals surface area contributed by atoms with Crippen molar-refractivity contribution in [3.05, 3.63) is 66.3 Å². The average molecular weight is 321 g/mol. The number of carbonyl (C=O) groups is 1. The van der Waals surface area contributed by atoms with Gasteiger partial charge in [-0.25, -0.2) is 0 Å². The highest BCUT2D eigenvalue weighted by molar-refractivity contribution is 5.92. The molecule has 0 spiro atoms. The summed E-state index contributed by atoms with van der Waals surface area (Å²) in [6.45, 7) is 1.16. The summed E-state index contributed by atoms with van der Waals surface area (Å²) in [7, 11) is 0. The molecule has 4 rings (SSSR count). The van der Waals surface area contributed by atoms with Crippen molar-refractivity contribution in [2.24, 2.45) is 0 Å². The summed E-state index contributed by atoms with van der Waals surface area (Å²) in [6.07, 6.45) is 4.97. The zero-order valence-corrected chi connectivity index (χ0v) is 12.8. The minimum absolute atomic E-state index is 0.0131. The zero-order chi connectivity index (χ0) is 16.4.